The first-order valence-corrected chi connectivity index (χ1v) is 12.5. The Bertz CT molecular complexity index is 559. The molecule has 0 N–H and O–H groups in total. The highest BCUT2D eigenvalue weighted by Gasteiger charge is 2.42. The van der Waals surface area contributed by atoms with Crippen LogP contribution in [-0.4, -0.2) is 25.8 Å². The van der Waals surface area contributed by atoms with Gasteiger partial charge in [0.15, 0.2) is 0 Å². The zero-order valence-corrected chi connectivity index (χ0v) is 18.5. The first-order valence-electron chi connectivity index (χ1n) is 11.0. The molecule has 162 valence electrons. The van der Waals surface area contributed by atoms with E-state index in [2.05, 4.69) is 6.92 Å². The predicted molar refractivity (Wildman–Crippen MR) is 109 cm³/mol. The maximum atomic E-state index is 12.6. The summed E-state index contributed by atoms with van der Waals surface area (Å²) in [6.45, 7) is 4.57. The van der Waals surface area contributed by atoms with Crippen LogP contribution in [0, 0.1) is 5.92 Å². The smallest absolute Gasteiger partial charge is 0.461 e. The van der Waals surface area contributed by atoms with Crippen molar-refractivity contribution in [3.8, 4) is 0 Å². The zero-order valence-electron chi connectivity index (χ0n) is 17.6. The highest BCUT2D eigenvalue weighted by atomic mass is 31.2. The van der Waals surface area contributed by atoms with Crippen molar-refractivity contribution in [2.24, 2.45) is 5.92 Å². The Kier molecular flexibility index (Phi) is 10.6. The molecule has 6 nitrogen and oxygen atoms in total. The standard InChI is InChI=1S/C21H37O6P/c1-3-4-5-6-7-8-9-10-11-12-13-14-15-25-28(23)26-17-19-16-24-21(22)20(19)18(2)27-28/h19H,3-17H2,1-2H3/t19-,28+/m1/s1. The molecule has 0 amide bonds. The van der Waals surface area contributed by atoms with Gasteiger partial charge in [0.1, 0.15) is 12.4 Å². The Balaban J connectivity index is 1.51. The molecule has 1 fully saturated rings. The number of carbonyl (C=O) groups excluding carboxylic acids is 1. The second-order valence-corrected chi connectivity index (χ2v) is 9.42. The van der Waals surface area contributed by atoms with Crippen LogP contribution < -0.4 is 0 Å². The van der Waals surface area contributed by atoms with Crippen LogP contribution >= 0.6 is 7.82 Å². The van der Waals surface area contributed by atoms with Gasteiger partial charge >= 0.3 is 13.8 Å². The molecule has 2 rings (SSSR count). The van der Waals surface area contributed by atoms with E-state index in [0.717, 1.165) is 12.8 Å². The van der Waals surface area contributed by atoms with Crippen LogP contribution in [0.1, 0.15) is 90.9 Å². The lowest BCUT2D eigenvalue weighted by molar-refractivity contribution is -0.135. The second-order valence-electron chi connectivity index (χ2n) is 7.82. The largest absolute Gasteiger partial charge is 0.529 e. The zero-order chi connectivity index (χ0) is 20.2. The summed E-state index contributed by atoms with van der Waals surface area (Å²) in [4.78, 5) is 11.7. The van der Waals surface area contributed by atoms with Crippen molar-refractivity contribution < 1.29 is 27.7 Å². The summed E-state index contributed by atoms with van der Waals surface area (Å²) in [5.74, 6) is -0.345. The summed E-state index contributed by atoms with van der Waals surface area (Å²) in [5.41, 5.74) is 0.423. The first kappa shape index (κ1) is 23.4. The Morgan fingerprint density at radius 3 is 2.11 bits per heavy atom. The molecule has 1 saturated heterocycles. The second kappa shape index (κ2) is 12.7. The van der Waals surface area contributed by atoms with Gasteiger partial charge in [-0.25, -0.2) is 9.36 Å². The molecule has 0 bridgehead atoms. The van der Waals surface area contributed by atoms with E-state index in [1.54, 1.807) is 6.92 Å². The number of rotatable bonds is 14. The molecule has 2 aliphatic heterocycles. The van der Waals surface area contributed by atoms with E-state index < -0.39 is 13.8 Å². The summed E-state index contributed by atoms with van der Waals surface area (Å²) in [7, 11) is -3.64. The molecular weight excluding hydrogens is 379 g/mol. The molecule has 0 radical (unpaired) electrons. The number of hydrogen-bond acceptors (Lipinski definition) is 6. The quantitative estimate of drug-likeness (QED) is 0.188. The molecule has 0 saturated carbocycles. The molecule has 7 heteroatoms. The number of phosphoric acid groups is 1. The molecule has 0 aromatic heterocycles. The van der Waals surface area contributed by atoms with Gasteiger partial charge in [0, 0.05) is 0 Å². The van der Waals surface area contributed by atoms with Gasteiger partial charge in [0.05, 0.1) is 24.7 Å². The number of hydrogen-bond donors (Lipinski definition) is 0. The highest BCUT2D eigenvalue weighted by Crippen LogP contribution is 2.54. The fraction of sp³-hybridized carbons (Fsp3) is 0.857. The number of phosphoric ester groups is 1. The SMILES string of the molecule is CCCCCCCCCCCCCCO[P@@]1(=O)OC[C@H]2COC(=O)C2=C(C)O1. The van der Waals surface area contributed by atoms with Gasteiger partial charge in [-0.05, 0) is 13.3 Å². The van der Waals surface area contributed by atoms with Gasteiger partial charge in [-0.15, -0.1) is 0 Å². The van der Waals surface area contributed by atoms with E-state index in [-0.39, 0.29) is 19.1 Å². The van der Waals surface area contributed by atoms with Crippen LogP contribution in [-0.2, 0) is 27.7 Å². The molecule has 2 atom stereocenters. The average Bonchev–Trinajstić information content (AvgIpc) is 2.98. The minimum atomic E-state index is -3.64. The Labute approximate surface area is 170 Å². The third kappa shape index (κ3) is 7.88. The number of allylic oxidation sites excluding steroid dienone is 1. The van der Waals surface area contributed by atoms with E-state index >= 15 is 0 Å². The van der Waals surface area contributed by atoms with E-state index in [1.807, 2.05) is 0 Å². The van der Waals surface area contributed by atoms with E-state index in [0.29, 0.717) is 17.9 Å². The average molecular weight is 416 g/mol. The number of esters is 1. The third-order valence-corrected chi connectivity index (χ3v) is 6.81. The third-order valence-electron chi connectivity index (χ3n) is 5.35. The molecule has 0 aromatic rings. The van der Waals surface area contributed by atoms with Crippen molar-refractivity contribution in [3.63, 3.8) is 0 Å². The van der Waals surface area contributed by atoms with Crippen molar-refractivity contribution in [2.45, 2.75) is 90.9 Å². The van der Waals surface area contributed by atoms with Crippen LogP contribution in [0.4, 0.5) is 0 Å². The van der Waals surface area contributed by atoms with Crippen LogP contribution in [0.5, 0.6) is 0 Å². The molecule has 0 unspecified atom stereocenters. The Hall–Kier alpha value is -0.840. The van der Waals surface area contributed by atoms with Gasteiger partial charge in [-0.1, -0.05) is 77.6 Å². The minimum Gasteiger partial charge on any atom is -0.461 e. The Morgan fingerprint density at radius 1 is 0.929 bits per heavy atom. The van der Waals surface area contributed by atoms with Gasteiger partial charge in [-0.3, -0.25) is 9.05 Å². The van der Waals surface area contributed by atoms with E-state index in [9.17, 15) is 9.36 Å². The van der Waals surface area contributed by atoms with Gasteiger partial charge < -0.3 is 9.26 Å². The normalized spacial score (nSPS) is 24.6. The number of cyclic esters (lactones) is 1. The summed E-state index contributed by atoms with van der Waals surface area (Å²) in [5, 5.41) is 0. The topological polar surface area (TPSA) is 71.1 Å². The maximum absolute atomic E-state index is 12.6. The lowest BCUT2D eigenvalue weighted by Crippen LogP contribution is -2.10. The number of carbonyl (C=O) groups is 1. The Morgan fingerprint density at radius 2 is 1.50 bits per heavy atom. The fourth-order valence-corrected chi connectivity index (χ4v) is 5.00. The number of ether oxygens (including phenoxy) is 1. The van der Waals surface area contributed by atoms with E-state index in [1.165, 1.54) is 64.2 Å². The summed E-state index contributed by atoms with van der Waals surface area (Å²) >= 11 is 0. The van der Waals surface area contributed by atoms with Gasteiger partial charge in [-0.2, -0.15) is 0 Å². The molecular formula is C21H37O6P. The summed E-state index contributed by atoms with van der Waals surface area (Å²) in [6.07, 6.45) is 15.1. The van der Waals surface area contributed by atoms with E-state index in [4.69, 9.17) is 18.3 Å². The summed E-state index contributed by atoms with van der Waals surface area (Å²) in [6, 6.07) is 0. The van der Waals surface area contributed by atoms with Crippen LogP contribution in [0.3, 0.4) is 0 Å². The lowest BCUT2D eigenvalue weighted by Gasteiger charge is -2.17. The molecule has 0 aliphatic carbocycles. The lowest BCUT2D eigenvalue weighted by atomic mass is 10.0. The van der Waals surface area contributed by atoms with Gasteiger partial charge in [0.25, 0.3) is 0 Å². The predicted octanol–water partition coefficient (Wildman–Crippen LogP) is 6.31. The molecule has 2 heterocycles. The van der Waals surface area contributed by atoms with Crippen LogP contribution in [0.25, 0.3) is 0 Å². The van der Waals surface area contributed by atoms with Crippen molar-refractivity contribution in [2.75, 3.05) is 19.8 Å². The maximum Gasteiger partial charge on any atom is 0.529 e. The molecule has 0 spiro atoms. The van der Waals surface area contributed by atoms with Crippen molar-refractivity contribution in [1.82, 2.24) is 0 Å². The summed E-state index contributed by atoms with van der Waals surface area (Å²) < 4.78 is 33.8. The number of unbranched alkanes of at least 4 members (excludes halogenated alkanes) is 11. The van der Waals surface area contributed by atoms with Crippen LogP contribution in [0.15, 0.2) is 11.3 Å². The first-order chi connectivity index (χ1) is 13.6. The minimum absolute atomic E-state index is 0.119. The fourth-order valence-electron chi connectivity index (χ4n) is 3.67. The van der Waals surface area contributed by atoms with Crippen molar-refractivity contribution in [1.29, 1.82) is 0 Å². The monoisotopic (exact) mass is 416 g/mol. The molecule has 2 aliphatic rings. The van der Waals surface area contributed by atoms with Gasteiger partial charge in [0.2, 0.25) is 0 Å². The van der Waals surface area contributed by atoms with Crippen molar-refractivity contribution in [3.05, 3.63) is 11.3 Å². The van der Waals surface area contributed by atoms with Crippen LogP contribution in [0.2, 0.25) is 0 Å². The highest BCUT2D eigenvalue weighted by molar-refractivity contribution is 7.48. The van der Waals surface area contributed by atoms with Crippen molar-refractivity contribution >= 4 is 13.8 Å². The molecule has 28 heavy (non-hydrogen) atoms. The number of fused-ring (bicyclic) bond motifs is 1. The molecule has 0 aromatic carbocycles.